The summed E-state index contributed by atoms with van der Waals surface area (Å²) in [6, 6.07) is 8.93. The minimum Gasteiger partial charge on any atom is -0.480 e. The fourth-order valence-electron chi connectivity index (χ4n) is 2.80. The van der Waals surface area contributed by atoms with Gasteiger partial charge in [0.2, 0.25) is 5.91 Å². The van der Waals surface area contributed by atoms with Gasteiger partial charge in [-0.25, -0.2) is 0 Å². The quantitative estimate of drug-likeness (QED) is 0.720. The zero-order valence-corrected chi connectivity index (χ0v) is 12.8. The Bertz CT molecular complexity index is 484. The molecule has 1 aliphatic rings. The Balaban J connectivity index is 1.80. The van der Waals surface area contributed by atoms with Crippen LogP contribution in [0.15, 0.2) is 30.3 Å². The first-order chi connectivity index (χ1) is 10.6. The second-order valence-electron chi connectivity index (χ2n) is 5.86. The highest BCUT2D eigenvalue weighted by atomic mass is 16.4. The fourth-order valence-corrected chi connectivity index (χ4v) is 2.80. The van der Waals surface area contributed by atoms with Crippen LogP contribution in [0.2, 0.25) is 0 Å². The van der Waals surface area contributed by atoms with Gasteiger partial charge in [-0.2, -0.15) is 0 Å². The van der Waals surface area contributed by atoms with Crippen molar-refractivity contribution in [2.24, 2.45) is 0 Å². The molecule has 1 amide bonds. The number of nitrogens with one attached hydrogen (secondary N) is 2. The molecule has 0 aromatic heterocycles. The van der Waals surface area contributed by atoms with E-state index in [-0.39, 0.29) is 18.4 Å². The summed E-state index contributed by atoms with van der Waals surface area (Å²) >= 11 is 0. The number of hydrogen-bond donors (Lipinski definition) is 3. The van der Waals surface area contributed by atoms with E-state index in [9.17, 15) is 14.7 Å². The SMILES string of the molecule is O=C(C[C@@H](NCc1ccccc1)C(=O)O)NC1CCCCC1. The van der Waals surface area contributed by atoms with Crippen molar-refractivity contribution in [2.45, 2.75) is 57.2 Å². The van der Waals surface area contributed by atoms with Crippen LogP contribution in [0.25, 0.3) is 0 Å². The van der Waals surface area contributed by atoms with Crippen molar-refractivity contribution in [3.8, 4) is 0 Å². The molecule has 0 unspecified atom stereocenters. The van der Waals surface area contributed by atoms with Gasteiger partial charge < -0.3 is 10.4 Å². The number of rotatable bonds is 7. The fraction of sp³-hybridized carbons (Fsp3) is 0.529. The molecule has 1 aromatic carbocycles. The Kier molecular flexibility index (Phi) is 6.40. The normalized spacial score (nSPS) is 16.9. The lowest BCUT2D eigenvalue weighted by molar-refractivity contribution is -0.141. The highest BCUT2D eigenvalue weighted by molar-refractivity contribution is 5.84. The average molecular weight is 304 g/mol. The van der Waals surface area contributed by atoms with Gasteiger partial charge in [-0.15, -0.1) is 0 Å². The molecule has 1 aliphatic carbocycles. The number of carboxylic acids is 1. The largest absolute Gasteiger partial charge is 0.480 e. The van der Waals surface area contributed by atoms with E-state index in [1.807, 2.05) is 30.3 Å². The van der Waals surface area contributed by atoms with E-state index in [4.69, 9.17) is 0 Å². The van der Waals surface area contributed by atoms with Crippen molar-refractivity contribution in [3.05, 3.63) is 35.9 Å². The lowest BCUT2D eigenvalue weighted by Gasteiger charge is -2.23. The first-order valence-corrected chi connectivity index (χ1v) is 7.94. The van der Waals surface area contributed by atoms with Crippen LogP contribution in [0.1, 0.15) is 44.1 Å². The van der Waals surface area contributed by atoms with Gasteiger partial charge in [0, 0.05) is 12.6 Å². The zero-order valence-electron chi connectivity index (χ0n) is 12.8. The number of carbonyl (C=O) groups is 2. The Hall–Kier alpha value is -1.88. The third kappa shape index (κ3) is 5.48. The molecule has 2 rings (SSSR count). The first-order valence-electron chi connectivity index (χ1n) is 7.94. The maximum atomic E-state index is 12.0. The molecule has 5 nitrogen and oxygen atoms in total. The van der Waals surface area contributed by atoms with E-state index in [0.29, 0.717) is 6.54 Å². The molecule has 0 saturated heterocycles. The van der Waals surface area contributed by atoms with Gasteiger partial charge >= 0.3 is 5.97 Å². The Morgan fingerprint density at radius 3 is 2.45 bits per heavy atom. The van der Waals surface area contributed by atoms with Crippen molar-refractivity contribution < 1.29 is 14.7 Å². The van der Waals surface area contributed by atoms with Gasteiger partial charge in [0.05, 0.1) is 6.42 Å². The van der Waals surface area contributed by atoms with Crippen LogP contribution < -0.4 is 10.6 Å². The lowest BCUT2D eigenvalue weighted by Crippen LogP contribution is -2.43. The number of amides is 1. The van der Waals surface area contributed by atoms with E-state index in [1.54, 1.807) is 0 Å². The molecule has 0 spiro atoms. The van der Waals surface area contributed by atoms with E-state index in [1.165, 1.54) is 6.42 Å². The highest BCUT2D eigenvalue weighted by Gasteiger charge is 2.23. The molecule has 1 aromatic rings. The topological polar surface area (TPSA) is 78.4 Å². The molecule has 5 heteroatoms. The monoisotopic (exact) mass is 304 g/mol. The summed E-state index contributed by atoms with van der Waals surface area (Å²) in [5.41, 5.74) is 1.00. The maximum Gasteiger partial charge on any atom is 0.321 e. The van der Waals surface area contributed by atoms with Gasteiger partial charge in [-0.3, -0.25) is 14.9 Å². The summed E-state index contributed by atoms with van der Waals surface area (Å²) in [4.78, 5) is 23.3. The predicted molar refractivity (Wildman–Crippen MR) is 84.3 cm³/mol. The summed E-state index contributed by atoms with van der Waals surface area (Å²) in [5, 5.41) is 15.2. The molecule has 0 bridgehead atoms. The molecule has 0 radical (unpaired) electrons. The van der Waals surface area contributed by atoms with Gasteiger partial charge in [0.25, 0.3) is 0 Å². The number of aliphatic carboxylic acids is 1. The Morgan fingerprint density at radius 2 is 1.82 bits per heavy atom. The summed E-state index contributed by atoms with van der Waals surface area (Å²) in [6.45, 7) is 0.439. The minimum atomic E-state index is -0.991. The van der Waals surface area contributed by atoms with Gasteiger partial charge in [-0.05, 0) is 18.4 Å². The standard InChI is InChI=1S/C17H24N2O3/c20-16(19-14-9-5-2-6-10-14)11-15(17(21)22)18-12-13-7-3-1-4-8-13/h1,3-4,7-8,14-15,18H,2,5-6,9-12H2,(H,19,20)(H,21,22)/t15-/m1/s1. The predicted octanol–water partition coefficient (Wildman–Crippen LogP) is 2.07. The molecule has 1 atom stereocenters. The minimum absolute atomic E-state index is 0.0291. The summed E-state index contributed by atoms with van der Waals surface area (Å²) < 4.78 is 0. The second-order valence-corrected chi connectivity index (χ2v) is 5.86. The molecule has 120 valence electrons. The number of benzene rings is 1. The average Bonchev–Trinajstić information content (AvgIpc) is 2.53. The van der Waals surface area contributed by atoms with Crippen LogP contribution in [-0.2, 0) is 16.1 Å². The maximum absolute atomic E-state index is 12.0. The van der Waals surface area contributed by atoms with Crippen molar-refractivity contribution in [3.63, 3.8) is 0 Å². The van der Waals surface area contributed by atoms with Crippen molar-refractivity contribution in [1.29, 1.82) is 0 Å². The van der Waals surface area contributed by atoms with E-state index < -0.39 is 12.0 Å². The summed E-state index contributed by atoms with van der Waals surface area (Å²) in [5.74, 6) is -1.17. The Labute approximate surface area is 131 Å². The first kappa shape index (κ1) is 16.5. The van der Waals surface area contributed by atoms with Crippen molar-refractivity contribution >= 4 is 11.9 Å². The smallest absolute Gasteiger partial charge is 0.321 e. The van der Waals surface area contributed by atoms with Crippen LogP contribution in [-0.4, -0.2) is 29.1 Å². The van der Waals surface area contributed by atoms with Gasteiger partial charge in [0.1, 0.15) is 6.04 Å². The van der Waals surface area contributed by atoms with Crippen LogP contribution in [0, 0.1) is 0 Å². The molecule has 3 N–H and O–H groups in total. The third-order valence-corrected chi connectivity index (χ3v) is 4.05. The van der Waals surface area contributed by atoms with E-state index >= 15 is 0 Å². The van der Waals surface area contributed by atoms with Crippen LogP contribution >= 0.6 is 0 Å². The third-order valence-electron chi connectivity index (χ3n) is 4.05. The lowest BCUT2D eigenvalue weighted by atomic mass is 9.95. The molecule has 1 saturated carbocycles. The molecular formula is C17H24N2O3. The van der Waals surface area contributed by atoms with E-state index in [2.05, 4.69) is 10.6 Å². The molecule has 0 heterocycles. The molecule has 0 aliphatic heterocycles. The number of carboxylic acid groups (broad SMARTS) is 1. The highest BCUT2D eigenvalue weighted by Crippen LogP contribution is 2.17. The van der Waals surface area contributed by atoms with Crippen molar-refractivity contribution in [2.75, 3.05) is 0 Å². The Morgan fingerprint density at radius 1 is 1.14 bits per heavy atom. The molecule has 22 heavy (non-hydrogen) atoms. The van der Waals surface area contributed by atoms with Crippen molar-refractivity contribution in [1.82, 2.24) is 10.6 Å². The number of carbonyl (C=O) groups excluding carboxylic acids is 1. The van der Waals surface area contributed by atoms with Gasteiger partial charge in [-0.1, -0.05) is 49.6 Å². The second kappa shape index (κ2) is 8.54. The van der Waals surface area contributed by atoms with Gasteiger partial charge in [0.15, 0.2) is 0 Å². The molecular weight excluding hydrogens is 280 g/mol. The summed E-state index contributed by atoms with van der Waals surface area (Å²) in [7, 11) is 0. The summed E-state index contributed by atoms with van der Waals surface area (Å²) in [6.07, 6.45) is 5.47. The van der Waals surface area contributed by atoms with Crippen LogP contribution in [0.3, 0.4) is 0 Å². The molecule has 1 fully saturated rings. The van der Waals surface area contributed by atoms with Crippen LogP contribution in [0.4, 0.5) is 0 Å². The van der Waals surface area contributed by atoms with E-state index in [0.717, 1.165) is 31.2 Å². The number of hydrogen-bond acceptors (Lipinski definition) is 3. The zero-order chi connectivity index (χ0) is 15.8. The van der Waals surface area contributed by atoms with Crippen LogP contribution in [0.5, 0.6) is 0 Å².